The second kappa shape index (κ2) is 17.1. The Bertz CT molecular complexity index is 397. The van der Waals surface area contributed by atoms with Gasteiger partial charge in [-0.3, -0.25) is 0 Å². The number of methoxy groups -OCH3 is 1. The highest BCUT2D eigenvalue weighted by Crippen LogP contribution is 2.40. The summed E-state index contributed by atoms with van der Waals surface area (Å²) in [4.78, 5) is 0. The van der Waals surface area contributed by atoms with Crippen molar-refractivity contribution in [3.05, 3.63) is 0 Å². The van der Waals surface area contributed by atoms with E-state index in [0.717, 1.165) is 0 Å². The highest BCUT2D eigenvalue weighted by molar-refractivity contribution is 4.93. The van der Waals surface area contributed by atoms with Gasteiger partial charge in [-0.2, -0.15) is 13.2 Å². The van der Waals surface area contributed by atoms with Gasteiger partial charge in [-0.1, -0.05) is 0 Å². The molecule has 11 heteroatoms. The zero-order valence-corrected chi connectivity index (χ0v) is 17.8. The van der Waals surface area contributed by atoms with Crippen LogP contribution in [0.5, 0.6) is 0 Å². The van der Waals surface area contributed by atoms with Gasteiger partial charge in [0.25, 0.3) is 0 Å². The minimum absolute atomic E-state index is 0.0766. The summed E-state index contributed by atoms with van der Waals surface area (Å²) in [7, 11) is 1.62. The molecule has 1 fully saturated rings. The lowest BCUT2D eigenvalue weighted by Gasteiger charge is -2.38. The van der Waals surface area contributed by atoms with Gasteiger partial charge in [0.2, 0.25) is 0 Å². The minimum Gasteiger partial charge on any atom is -0.382 e. The molecule has 30 heavy (non-hydrogen) atoms. The first-order valence-electron chi connectivity index (χ1n) is 10.3. The Morgan fingerprint density at radius 1 is 0.633 bits per heavy atom. The van der Waals surface area contributed by atoms with Crippen molar-refractivity contribution in [3.63, 3.8) is 0 Å². The summed E-state index contributed by atoms with van der Waals surface area (Å²) < 4.78 is 76.4. The van der Waals surface area contributed by atoms with Gasteiger partial charge in [-0.05, 0) is 25.9 Å². The van der Waals surface area contributed by atoms with Crippen LogP contribution in [-0.4, -0.2) is 111 Å². The Balaban J connectivity index is 1.84. The van der Waals surface area contributed by atoms with Crippen molar-refractivity contribution in [2.24, 2.45) is 0 Å². The van der Waals surface area contributed by atoms with E-state index in [9.17, 15) is 13.2 Å². The van der Waals surface area contributed by atoms with E-state index in [0.29, 0.717) is 72.6 Å². The highest BCUT2D eigenvalue weighted by atomic mass is 19.4. The summed E-state index contributed by atoms with van der Waals surface area (Å²) >= 11 is 0. The number of halogens is 3. The lowest BCUT2D eigenvalue weighted by atomic mass is 9.91. The smallest absolute Gasteiger partial charge is 0.382 e. The average molecular weight is 447 g/mol. The largest absolute Gasteiger partial charge is 0.417 e. The van der Waals surface area contributed by atoms with Gasteiger partial charge >= 0.3 is 6.18 Å². The zero-order chi connectivity index (χ0) is 22.0. The van der Waals surface area contributed by atoms with Crippen LogP contribution in [0.2, 0.25) is 0 Å². The fourth-order valence-corrected chi connectivity index (χ4v) is 2.76. The molecule has 0 aromatic carbocycles. The van der Waals surface area contributed by atoms with E-state index in [1.165, 1.54) is 0 Å². The van der Waals surface area contributed by atoms with Crippen LogP contribution in [0.25, 0.3) is 0 Å². The zero-order valence-electron chi connectivity index (χ0n) is 17.8. The van der Waals surface area contributed by atoms with Crippen LogP contribution in [0, 0.1) is 0 Å². The number of ether oxygens (including phenoxy) is 7. The van der Waals surface area contributed by atoms with Crippen molar-refractivity contribution < 1.29 is 46.3 Å². The second-order valence-corrected chi connectivity index (χ2v) is 6.65. The van der Waals surface area contributed by atoms with E-state index >= 15 is 0 Å². The third-order valence-corrected chi connectivity index (χ3v) is 4.45. The molecule has 0 radical (unpaired) electrons. The van der Waals surface area contributed by atoms with Gasteiger partial charge in [-0.25, -0.2) is 0 Å². The molecular weight excluding hydrogens is 411 g/mol. The Labute approximate surface area is 176 Å². The molecule has 0 saturated carbocycles. The molecule has 0 amide bonds. The molecule has 1 heterocycles. The molecule has 0 spiro atoms. The Kier molecular flexibility index (Phi) is 15.7. The van der Waals surface area contributed by atoms with Crippen LogP contribution in [0.15, 0.2) is 0 Å². The molecule has 0 aromatic heterocycles. The summed E-state index contributed by atoms with van der Waals surface area (Å²) in [6.45, 7) is 5.14. The Hall–Kier alpha value is -0.530. The number of nitrogens with one attached hydrogen (secondary N) is 1. The summed E-state index contributed by atoms with van der Waals surface area (Å²) in [6, 6.07) is 0. The summed E-state index contributed by atoms with van der Waals surface area (Å²) in [6.07, 6.45) is -4.53. The predicted octanol–water partition coefficient (Wildman–Crippen LogP) is 1.42. The SMILES string of the molecule is COCCOCCOCCOCCOCCOCCOC1(C(F)(F)F)CCNCC1. The maximum absolute atomic E-state index is 13.3. The topological polar surface area (TPSA) is 76.6 Å². The van der Waals surface area contributed by atoms with Crippen molar-refractivity contribution in [3.8, 4) is 0 Å². The maximum atomic E-state index is 13.3. The van der Waals surface area contributed by atoms with Gasteiger partial charge < -0.3 is 38.5 Å². The van der Waals surface area contributed by atoms with E-state index in [4.69, 9.17) is 33.2 Å². The third kappa shape index (κ3) is 12.4. The normalized spacial score (nSPS) is 16.8. The monoisotopic (exact) mass is 447 g/mol. The van der Waals surface area contributed by atoms with Crippen LogP contribution in [0.4, 0.5) is 13.2 Å². The summed E-state index contributed by atoms with van der Waals surface area (Å²) in [5.41, 5.74) is -2.06. The van der Waals surface area contributed by atoms with Crippen LogP contribution >= 0.6 is 0 Å². The number of hydrogen-bond acceptors (Lipinski definition) is 8. The lowest BCUT2D eigenvalue weighted by molar-refractivity contribution is -0.287. The number of alkyl halides is 3. The van der Waals surface area contributed by atoms with E-state index in [-0.39, 0.29) is 32.7 Å². The first-order chi connectivity index (χ1) is 14.5. The minimum atomic E-state index is -4.37. The molecular formula is C19H36F3NO7. The van der Waals surface area contributed by atoms with E-state index < -0.39 is 11.8 Å². The summed E-state index contributed by atoms with van der Waals surface area (Å²) in [5.74, 6) is 0. The average Bonchev–Trinajstić information content (AvgIpc) is 2.73. The van der Waals surface area contributed by atoms with Crippen LogP contribution in [-0.2, 0) is 33.2 Å². The molecule has 1 saturated heterocycles. The number of rotatable bonds is 19. The first kappa shape index (κ1) is 27.5. The highest BCUT2D eigenvalue weighted by Gasteiger charge is 2.56. The van der Waals surface area contributed by atoms with Crippen LogP contribution in [0.1, 0.15) is 12.8 Å². The summed E-state index contributed by atoms with van der Waals surface area (Å²) in [5, 5.41) is 2.92. The van der Waals surface area contributed by atoms with Crippen molar-refractivity contribution >= 4 is 0 Å². The first-order valence-corrected chi connectivity index (χ1v) is 10.3. The lowest BCUT2D eigenvalue weighted by Crippen LogP contribution is -2.54. The molecule has 8 nitrogen and oxygen atoms in total. The molecule has 1 aliphatic heterocycles. The molecule has 0 aromatic rings. The van der Waals surface area contributed by atoms with Crippen molar-refractivity contribution in [2.75, 3.05) is 99.5 Å². The number of hydrogen-bond donors (Lipinski definition) is 1. The van der Waals surface area contributed by atoms with Gasteiger partial charge in [0.05, 0.1) is 79.3 Å². The van der Waals surface area contributed by atoms with E-state index in [2.05, 4.69) is 5.32 Å². The van der Waals surface area contributed by atoms with Crippen LogP contribution < -0.4 is 5.32 Å². The molecule has 1 N–H and O–H groups in total. The Morgan fingerprint density at radius 2 is 1.00 bits per heavy atom. The maximum Gasteiger partial charge on any atom is 0.417 e. The molecule has 0 atom stereocenters. The molecule has 180 valence electrons. The third-order valence-electron chi connectivity index (χ3n) is 4.45. The second-order valence-electron chi connectivity index (χ2n) is 6.65. The fraction of sp³-hybridized carbons (Fsp3) is 1.00. The van der Waals surface area contributed by atoms with Gasteiger partial charge in [0, 0.05) is 7.11 Å². The van der Waals surface area contributed by atoms with Gasteiger partial charge in [0.15, 0.2) is 5.60 Å². The Morgan fingerprint density at radius 3 is 1.37 bits per heavy atom. The number of piperidine rings is 1. The molecule has 1 aliphatic rings. The molecule has 0 unspecified atom stereocenters. The fourth-order valence-electron chi connectivity index (χ4n) is 2.76. The predicted molar refractivity (Wildman–Crippen MR) is 103 cm³/mol. The van der Waals surface area contributed by atoms with Crippen molar-refractivity contribution in [2.45, 2.75) is 24.6 Å². The molecule has 1 rings (SSSR count). The van der Waals surface area contributed by atoms with Crippen LogP contribution in [0.3, 0.4) is 0 Å². The molecule has 0 bridgehead atoms. The van der Waals surface area contributed by atoms with E-state index in [1.54, 1.807) is 7.11 Å². The quantitative estimate of drug-likeness (QED) is 0.298. The van der Waals surface area contributed by atoms with Gasteiger partial charge in [0.1, 0.15) is 0 Å². The standard InChI is InChI=1S/C19H36F3NO7/c1-24-6-7-25-8-9-26-10-11-27-12-13-28-14-15-29-16-17-30-18(19(20,21)22)2-4-23-5-3-18/h23H,2-17H2,1H3. The molecule has 0 aliphatic carbocycles. The van der Waals surface area contributed by atoms with Crippen molar-refractivity contribution in [1.29, 1.82) is 0 Å². The van der Waals surface area contributed by atoms with Gasteiger partial charge in [-0.15, -0.1) is 0 Å². The van der Waals surface area contributed by atoms with Crippen molar-refractivity contribution in [1.82, 2.24) is 5.32 Å². The van der Waals surface area contributed by atoms with E-state index in [1.807, 2.05) is 0 Å².